The van der Waals surface area contributed by atoms with Crippen molar-refractivity contribution in [2.75, 3.05) is 6.54 Å². The number of aromatic nitrogens is 3. The number of H-pyrrole nitrogens is 1. The number of hydrogen-bond donors (Lipinski definition) is 2. The van der Waals surface area contributed by atoms with Gasteiger partial charge in [0.15, 0.2) is 0 Å². The molecule has 0 unspecified atom stereocenters. The van der Waals surface area contributed by atoms with Gasteiger partial charge in [-0.2, -0.15) is 0 Å². The Balaban J connectivity index is 1.70. The van der Waals surface area contributed by atoms with Crippen LogP contribution in [0, 0.1) is 6.92 Å². The van der Waals surface area contributed by atoms with E-state index in [-0.39, 0.29) is 5.91 Å². The lowest BCUT2D eigenvalue weighted by Crippen LogP contribution is -2.23. The van der Waals surface area contributed by atoms with Crippen LogP contribution in [0.4, 0.5) is 0 Å². The van der Waals surface area contributed by atoms with Crippen molar-refractivity contribution in [3.8, 4) is 0 Å². The third-order valence-electron chi connectivity index (χ3n) is 2.28. The molecule has 2 aromatic rings. The van der Waals surface area contributed by atoms with Crippen molar-refractivity contribution >= 4 is 17.2 Å². The van der Waals surface area contributed by atoms with Gasteiger partial charge in [-0.1, -0.05) is 0 Å². The first-order chi connectivity index (χ1) is 8.25. The van der Waals surface area contributed by atoms with Gasteiger partial charge in [0.05, 0.1) is 11.2 Å². The van der Waals surface area contributed by atoms with Gasteiger partial charge in [0.25, 0.3) is 5.91 Å². The number of rotatable bonds is 5. The van der Waals surface area contributed by atoms with Crippen LogP contribution in [0.1, 0.15) is 26.9 Å². The van der Waals surface area contributed by atoms with Crippen LogP contribution in [-0.4, -0.2) is 27.4 Å². The molecule has 0 radical (unpaired) electrons. The van der Waals surface area contributed by atoms with Crippen LogP contribution >= 0.6 is 11.3 Å². The molecule has 17 heavy (non-hydrogen) atoms. The first kappa shape index (κ1) is 11.8. The standard InChI is InChI=1S/C11H14N4OS/c1-8-15-7-9(17-8)11(16)14-4-2-3-10-12-5-6-13-10/h5-7H,2-4H2,1H3,(H,12,13)(H,14,16). The van der Waals surface area contributed by atoms with Crippen molar-refractivity contribution in [2.45, 2.75) is 19.8 Å². The zero-order valence-corrected chi connectivity index (χ0v) is 10.4. The molecule has 0 aliphatic carbocycles. The van der Waals surface area contributed by atoms with Crippen molar-refractivity contribution in [2.24, 2.45) is 0 Å². The molecule has 90 valence electrons. The zero-order chi connectivity index (χ0) is 12.1. The summed E-state index contributed by atoms with van der Waals surface area (Å²) < 4.78 is 0. The van der Waals surface area contributed by atoms with E-state index < -0.39 is 0 Å². The summed E-state index contributed by atoms with van der Waals surface area (Å²) in [7, 11) is 0. The molecule has 2 N–H and O–H groups in total. The fourth-order valence-corrected chi connectivity index (χ4v) is 2.14. The largest absolute Gasteiger partial charge is 0.351 e. The molecule has 6 heteroatoms. The molecular weight excluding hydrogens is 236 g/mol. The van der Waals surface area contributed by atoms with Crippen LogP contribution in [0.5, 0.6) is 0 Å². The Labute approximate surface area is 103 Å². The van der Waals surface area contributed by atoms with Crippen molar-refractivity contribution in [1.82, 2.24) is 20.3 Å². The fraction of sp³-hybridized carbons (Fsp3) is 0.364. The minimum Gasteiger partial charge on any atom is -0.351 e. The van der Waals surface area contributed by atoms with Gasteiger partial charge in [-0.05, 0) is 13.3 Å². The molecule has 0 saturated heterocycles. The number of imidazole rings is 1. The molecule has 0 atom stereocenters. The number of nitrogens with zero attached hydrogens (tertiary/aromatic N) is 2. The summed E-state index contributed by atoms with van der Waals surface area (Å²) in [6, 6.07) is 0. The molecular formula is C11H14N4OS. The van der Waals surface area contributed by atoms with Gasteiger partial charge in [0.1, 0.15) is 10.7 Å². The average Bonchev–Trinajstić information content (AvgIpc) is 2.95. The molecule has 0 aromatic carbocycles. The second-order valence-corrected chi connectivity index (χ2v) is 4.87. The number of amides is 1. The van der Waals surface area contributed by atoms with Crippen LogP contribution in [0.2, 0.25) is 0 Å². The third kappa shape index (κ3) is 3.39. The maximum absolute atomic E-state index is 11.7. The van der Waals surface area contributed by atoms with E-state index >= 15 is 0 Å². The molecule has 0 fully saturated rings. The molecule has 2 rings (SSSR count). The Morgan fingerprint density at radius 3 is 3.06 bits per heavy atom. The number of nitrogens with one attached hydrogen (secondary N) is 2. The Morgan fingerprint density at radius 1 is 1.53 bits per heavy atom. The predicted octanol–water partition coefficient (Wildman–Crippen LogP) is 1.54. The highest BCUT2D eigenvalue weighted by atomic mass is 32.1. The monoisotopic (exact) mass is 250 g/mol. The highest BCUT2D eigenvalue weighted by Gasteiger charge is 2.07. The highest BCUT2D eigenvalue weighted by molar-refractivity contribution is 7.13. The van der Waals surface area contributed by atoms with Crippen LogP contribution in [0.3, 0.4) is 0 Å². The van der Waals surface area contributed by atoms with E-state index in [1.807, 2.05) is 6.92 Å². The molecule has 2 aromatic heterocycles. The van der Waals surface area contributed by atoms with Crippen LogP contribution < -0.4 is 5.32 Å². The van der Waals surface area contributed by atoms with Crippen LogP contribution in [-0.2, 0) is 6.42 Å². The Bertz CT molecular complexity index is 477. The van der Waals surface area contributed by atoms with Crippen molar-refractivity contribution < 1.29 is 4.79 Å². The predicted molar refractivity (Wildman–Crippen MR) is 66.1 cm³/mol. The van der Waals surface area contributed by atoms with Gasteiger partial charge < -0.3 is 10.3 Å². The topological polar surface area (TPSA) is 70.7 Å². The minimum atomic E-state index is -0.0463. The third-order valence-corrected chi connectivity index (χ3v) is 3.19. The van der Waals surface area contributed by atoms with E-state index in [0.717, 1.165) is 23.7 Å². The van der Waals surface area contributed by atoms with Crippen LogP contribution in [0.25, 0.3) is 0 Å². The van der Waals surface area contributed by atoms with Gasteiger partial charge in [-0.15, -0.1) is 11.3 Å². The van der Waals surface area contributed by atoms with E-state index in [9.17, 15) is 4.79 Å². The summed E-state index contributed by atoms with van der Waals surface area (Å²) in [6.07, 6.45) is 6.86. The summed E-state index contributed by atoms with van der Waals surface area (Å²) in [5, 5.41) is 3.77. The number of aryl methyl sites for hydroxylation is 2. The molecule has 0 aliphatic heterocycles. The lowest BCUT2D eigenvalue weighted by Gasteiger charge is -2.01. The average molecular weight is 250 g/mol. The maximum atomic E-state index is 11.7. The molecule has 0 bridgehead atoms. The minimum absolute atomic E-state index is 0.0463. The second-order valence-electron chi connectivity index (χ2n) is 3.64. The smallest absolute Gasteiger partial charge is 0.263 e. The molecule has 2 heterocycles. The molecule has 0 saturated carbocycles. The SMILES string of the molecule is Cc1ncc(C(=O)NCCCc2ncc[nH]2)s1. The van der Waals surface area contributed by atoms with Crippen molar-refractivity contribution in [3.63, 3.8) is 0 Å². The van der Waals surface area contributed by atoms with E-state index in [2.05, 4.69) is 20.3 Å². The number of carbonyl (C=O) groups excluding carboxylic acids is 1. The fourth-order valence-electron chi connectivity index (χ4n) is 1.45. The van der Waals surface area contributed by atoms with Gasteiger partial charge in [0.2, 0.25) is 0 Å². The van der Waals surface area contributed by atoms with Gasteiger partial charge >= 0.3 is 0 Å². The number of thiazole rings is 1. The second kappa shape index (κ2) is 5.58. The first-order valence-electron chi connectivity index (χ1n) is 5.44. The van der Waals surface area contributed by atoms with Crippen molar-refractivity contribution in [3.05, 3.63) is 34.3 Å². The zero-order valence-electron chi connectivity index (χ0n) is 9.56. The summed E-state index contributed by atoms with van der Waals surface area (Å²) >= 11 is 1.41. The Hall–Kier alpha value is -1.69. The highest BCUT2D eigenvalue weighted by Crippen LogP contribution is 2.10. The maximum Gasteiger partial charge on any atom is 0.263 e. The Morgan fingerprint density at radius 2 is 2.41 bits per heavy atom. The summed E-state index contributed by atoms with van der Waals surface area (Å²) in [5.74, 6) is 0.905. The van der Waals surface area contributed by atoms with Gasteiger partial charge in [0, 0.05) is 25.4 Å². The van der Waals surface area contributed by atoms with E-state index in [1.54, 1.807) is 18.6 Å². The van der Waals surface area contributed by atoms with Crippen molar-refractivity contribution in [1.29, 1.82) is 0 Å². The van der Waals surface area contributed by atoms with E-state index in [0.29, 0.717) is 11.4 Å². The molecule has 0 spiro atoms. The van der Waals surface area contributed by atoms with E-state index in [1.165, 1.54) is 11.3 Å². The number of carbonyl (C=O) groups is 1. The lowest BCUT2D eigenvalue weighted by atomic mass is 10.3. The van der Waals surface area contributed by atoms with Gasteiger partial charge in [-0.3, -0.25) is 4.79 Å². The summed E-state index contributed by atoms with van der Waals surface area (Å²) in [4.78, 5) is 23.5. The molecule has 0 aliphatic rings. The van der Waals surface area contributed by atoms with Gasteiger partial charge in [-0.25, -0.2) is 9.97 Å². The quantitative estimate of drug-likeness (QED) is 0.791. The number of hydrogen-bond acceptors (Lipinski definition) is 4. The molecule has 1 amide bonds. The van der Waals surface area contributed by atoms with E-state index in [4.69, 9.17) is 0 Å². The summed E-state index contributed by atoms with van der Waals surface area (Å²) in [5.41, 5.74) is 0. The Kier molecular flexibility index (Phi) is 3.87. The number of aromatic amines is 1. The lowest BCUT2D eigenvalue weighted by molar-refractivity contribution is 0.0957. The first-order valence-corrected chi connectivity index (χ1v) is 6.26. The normalized spacial score (nSPS) is 10.4. The summed E-state index contributed by atoms with van der Waals surface area (Å²) in [6.45, 7) is 2.54. The van der Waals surface area contributed by atoms with Crippen LogP contribution in [0.15, 0.2) is 18.6 Å². The molecule has 5 nitrogen and oxygen atoms in total.